The Bertz CT molecular complexity index is 970. The van der Waals surface area contributed by atoms with Gasteiger partial charge in [-0.25, -0.2) is 4.79 Å². The van der Waals surface area contributed by atoms with Crippen molar-refractivity contribution in [1.82, 2.24) is 0 Å². The Morgan fingerprint density at radius 3 is 2.47 bits per heavy atom. The first-order valence-corrected chi connectivity index (χ1v) is 9.98. The molecule has 2 heterocycles. The minimum absolute atomic E-state index is 0.219. The Labute approximate surface area is 183 Å². The molecule has 2 aromatic rings. The average Bonchev–Trinajstić information content (AvgIpc) is 2.76. The molecule has 3 rings (SSSR count). The fourth-order valence-corrected chi connectivity index (χ4v) is 3.26. The molecule has 32 heavy (non-hydrogen) atoms. The highest BCUT2D eigenvalue weighted by molar-refractivity contribution is 5.80. The van der Waals surface area contributed by atoms with Crippen molar-refractivity contribution >= 4 is 11.0 Å². The Morgan fingerprint density at radius 2 is 1.81 bits per heavy atom. The second kappa shape index (κ2) is 9.71. The Balaban J connectivity index is 1.71. The number of ether oxygens (including phenoxy) is 4. The van der Waals surface area contributed by atoms with Crippen LogP contribution in [0.1, 0.15) is 13.8 Å². The second-order valence-corrected chi connectivity index (χ2v) is 8.04. The van der Waals surface area contributed by atoms with E-state index in [-0.39, 0.29) is 17.9 Å². The van der Waals surface area contributed by atoms with Crippen LogP contribution in [0.3, 0.4) is 0 Å². The van der Waals surface area contributed by atoms with Crippen LogP contribution in [0.5, 0.6) is 11.5 Å². The van der Waals surface area contributed by atoms with Gasteiger partial charge in [-0.15, -0.1) is 0 Å². The molecule has 1 fully saturated rings. The van der Waals surface area contributed by atoms with Crippen molar-refractivity contribution in [3.05, 3.63) is 34.7 Å². The lowest BCUT2D eigenvalue weighted by atomic mass is 9.98. The number of methoxy groups -OCH3 is 1. The molecule has 0 bridgehead atoms. The standard InChI is InChI=1S/C21H28O11/c1-21(2,32-20-19(27)18(26)17(25)14(8-22)31-20)15(23)9-29-13-7-11-10(6-12(13)28-3)4-5-16(24)30-11/h4-7,14-15,17-20,22-23,25-27H,8-9H2,1-3H3/t14-,15+,17-,18-,19-,20+/m1/s1. The summed E-state index contributed by atoms with van der Waals surface area (Å²) in [4.78, 5) is 11.5. The van der Waals surface area contributed by atoms with E-state index in [1.165, 1.54) is 33.1 Å². The molecule has 1 aliphatic rings. The lowest BCUT2D eigenvalue weighted by Gasteiger charge is -2.43. The number of aliphatic hydroxyl groups excluding tert-OH is 5. The van der Waals surface area contributed by atoms with E-state index < -0.39 is 54.6 Å². The summed E-state index contributed by atoms with van der Waals surface area (Å²) in [6.45, 7) is 2.15. The molecule has 1 aromatic heterocycles. The molecule has 0 spiro atoms. The van der Waals surface area contributed by atoms with Gasteiger partial charge in [0.2, 0.25) is 0 Å². The van der Waals surface area contributed by atoms with E-state index in [1.54, 1.807) is 12.1 Å². The normalized spacial score (nSPS) is 27.3. The maximum Gasteiger partial charge on any atom is 0.336 e. The molecule has 0 unspecified atom stereocenters. The van der Waals surface area contributed by atoms with Crippen molar-refractivity contribution in [3.63, 3.8) is 0 Å². The van der Waals surface area contributed by atoms with Crippen LogP contribution in [0.15, 0.2) is 33.5 Å². The molecule has 1 aromatic carbocycles. The predicted octanol–water partition coefficient (Wildman–Crippen LogP) is -0.864. The molecule has 0 amide bonds. The Hall–Kier alpha value is -2.25. The maximum atomic E-state index is 11.5. The Kier molecular flexibility index (Phi) is 7.40. The number of aliphatic hydroxyl groups is 5. The summed E-state index contributed by atoms with van der Waals surface area (Å²) in [7, 11) is 1.44. The van der Waals surface area contributed by atoms with Gasteiger partial charge in [-0.2, -0.15) is 0 Å². The summed E-state index contributed by atoms with van der Waals surface area (Å²) < 4.78 is 27.1. The summed E-state index contributed by atoms with van der Waals surface area (Å²) in [5.41, 5.74) is -1.59. The molecule has 1 aliphatic heterocycles. The average molecular weight is 456 g/mol. The van der Waals surface area contributed by atoms with Gasteiger partial charge in [-0.1, -0.05) is 0 Å². The molecular formula is C21H28O11. The van der Waals surface area contributed by atoms with Gasteiger partial charge in [-0.05, 0) is 26.0 Å². The predicted molar refractivity (Wildman–Crippen MR) is 109 cm³/mol. The number of hydrogen-bond acceptors (Lipinski definition) is 11. The first kappa shape index (κ1) is 24.4. The van der Waals surface area contributed by atoms with Crippen LogP contribution in [0.4, 0.5) is 0 Å². The number of hydrogen-bond donors (Lipinski definition) is 5. The van der Waals surface area contributed by atoms with Crippen molar-refractivity contribution in [2.45, 2.75) is 56.3 Å². The summed E-state index contributed by atoms with van der Waals surface area (Å²) in [5, 5.41) is 50.5. The van der Waals surface area contributed by atoms with Gasteiger partial charge in [0, 0.05) is 17.5 Å². The molecular weight excluding hydrogens is 428 g/mol. The highest BCUT2D eigenvalue weighted by atomic mass is 16.7. The molecule has 11 heteroatoms. The van der Waals surface area contributed by atoms with E-state index in [1.807, 2.05) is 0 Å². The zero-order chi connectivity index (χ0) is 23.6. The van der Waals surface area contributed by atoms with Crippen molar-refractivity contribution in [1.29, 1.82) is 0 Å². The second-order valence-electron chi connectivity index (χ2n) is 8.04. The van der Waals surface area contributed by atoms with Crippen molar-refractivity contribution in [2.24, 2.45) is 0 Å². The number of benzene rings is 1. The molecule has 178 valence electrons. The monoisotopic (exact) mass is 456 g/mol. The first-order chi connectivity index (χ1) is 15.1. The maximum absolute atomic E-state index is 11.5. The molecule has 0 saturated carbocycles. The van der Waals surface area contributed by atoms with Crippen LogP contribution < -0.4 is 15.1 Å². The van der Waals surface area contributed by atoms with Crippen LogP contribution in [-0.4, -0.2) is 88.3 Å². The molecule has 6 atom stereocenters. The van der Waals surface area contributed by atoms with Crippen molar-refractivity contribution in [2.75, 3.05) is 20.3 Å². The summed E-state index contributed by atoms with van der Waals surface area (Å²) >= 11 is 0. The minimum atomic E-state index is -1.61. The van der Waals surface area contributed by atoms with Gasteiger partial charge in [-0.3, -0.25) is 0 Å². The molecule has 5 N–H and O–H groups in total. The van der Waals surface area contributed by atoms with Gasteiger partial charge >= 0.3 is 5.63 Å². The van der Waals surface area contributed by atoms with Gasteiger partial charge < -0.3 is 48.9 Å². The molecule has 0 radical (unpaired) electrons. The van der Waals surface area contributed by atoms with E-state index in [0.29, 0.717) is 11.1 Å². The lowest BCUT2D eigenvalue weighted by Crippen LogP contribution is -2.61. The van der Waals surface area contributed by atoms with Gasteiger partial charge in [0.05, 0.1) is 19.3 Å². The van der Waals surface area contributed by atoms with Crippen LogP contribution in [0, 0.1) is 0 Å². The third-order valence-electron chi connectivity index (χ3n) is 5.37. The molecule has 0 aliphatic carbocycles. The van der Waals surface area contributed by atoms with Crippen LogP contribution >= 0.6 is 0 Å². The van der Waals surface area contributed by atoms with E-state index in [0.717, 1.165) is 0 Å². The third-order valence-corrected chi connectivity index (χ3v) is 5.37. The van der Waals surface area contributed by atoms with Gasteiger partial charge in [0.1, 0.15) is 42.7 Å². The van der Waals surface area contributed by atoms with E-state index in [2.05, 4.69) is 0 Å². The van der Waals surface area contributed by atoms with Gasteiger partial charge in [0.25, 0.3) is 0 Å². The molecule has 1 saturated heterocycles. The number of fused-ring (bicyclic) bond motifs is 1. The van der Waals surface area contributed by atoms with Gasteiger partial charge in [0.15, 0.2) is 17.8 Å². The lowest BCUT2D eigenvalue weighted by molar-refractivity contribution is -0.332. The summed E-state index contributed by atoms with van der Waals surface area (Å²) in [6, 6.07) is 5.95. The quantitative estimate of drug-likeness (QED) is 0.313. The smallest absolute Gasteiger partial charge is 0.336 e. The fourth-order valence-electron chi connectivity index (χ4n) is 3.26. The van der Waals surface area contributed by atoms with E-state index in [9.17, 15) is 30.3 Å². The summed E-state index contributed by atoms with van der Waals surface area (Å²) in [6.07, 6.45) is -8.54. The zero-order valence-corrected chi connectivity index (χ0v) is 17.9. The third kappa shape index (κ3) is 5.04. The highest BCUT2D eigenvalue weighted by Gasteiger charge is 2.47. The number of rotatable bonds is 8. The Morgan fingerprint density at radius 1 is 1.09 bits per heavy atom. The van der Waals surface area contributed by atoms with E-state index in [4.69, 9.17) is 23.4 Å². The zero-order valence-electron chi connectivity index (χ0n) is 17.9. The van der Waals surface area contributed by atoms with Crippen LogP contribution in [-0.2, 0) is 9.47 Å². The van der Waals surface area contributed by atoms with Crippen LogP contribution in [0.2, 0.25) is 0 Å². The summed E-state index contributed by atoms with van der Waals surface area (Å²) in [5.74, 6) is 0.572. The van der Waals surface area contributed by atoms with E-state index >= 15 is 0 Å². The SMILES string of the molecule is COc1cc2ccc(=O)oc2cc1OC[C@H](O)C(C)(C)O[C@@H]1O[C@H](CO)[C@@H](O)[C@@H](O)[C@H]1O. The fraction of sp³-hybridized carbons (Fsp3) is 0.571. The first-order valence-electron chi connectivity index (χ1n) is 9.98. The van der Waals surface area contributed by atoms with Crippen LogP contribution in [0.25, 0.3) is 11.0 Å². The highest BCUT2D eigenvalue weighted by Crippen LogP contribution is 2.33. The van der Waals surface area contributed by atoms with Crippen molar-refractivity contribution < 1.29 is 48.9 Å². The van der Waals surface area contributed by atoms with Crippen molar-refractivity contribution in [3.8, 4) is 11.5 Å². The largest absolute Gasteiger partial charge is 0.493 e. The topological polar surface area (TPSA) is 168 Å². The molecule has 11 nitrogen and oxygen atoms in total. The minimum Gasteiger partial charge on any atom is -0.493 e.